The predicted molar refractivity (Wildman–Crippen MR) is 222 cm³/mol. The van der Waals surface area contributed by atoms with Gasteiger partial charge in [0, 0.05) is 55.7 Å². The Kier molecular flexibility index (Phi) is 14.9. The van der Waals surface area contributed by atoms with Crippen molar-refractivity contribution in [1.29, 1.82) is 0 Å². The van der Waals surface area contributed by atoms with Crippen LogP contribution < -0.4 is 20.7 Å². The molecule has 2 aliphatic rings. The normalized spacial score (nSPS) is 19.0. The molecule has 15 heteroatoms. The number of likely N-dealkylation sites (N-methyl/N-ethyl adjacent to an activating group) is 1. The first-order valence-corrected chi connectivity index (χ1v) is 20.4. The molecule has 0 aromatic heterocycles. The van der Waals surface area contributed by atoms with Crippen LogP contribution in [0.3, 0.4) is 0 Å². The lowest BCUT2D eigenvalue weighted by molar-refractivity contribution is 0.0891. The lowest BCUT2D eigenvalue weighted by atomic mass is 9.80. The molecule has 7 N–H and O–H groups in total. The largest absolute Gasteiger partial charge is 0.507 e. The second-order valence-electron chi connectivity index (χ2n) is 16.4. The molecule has 3 aromatic rings. The summed E-state index contributed by atoms with van der Waals surface area (Å²) in [6, 6.07) is 7.24. The molecule has 60 heavy (non-hydrogen) atoms. The standard InChI is InChI=1S/C45H56N4O11/c1-24-16-42(60-5)32(19-30(24)36(51)17-26-6-10-28(11-7-26)47-44(58)34-20-31(25(2)50)38(53)22-40(34)55)37(52)18-27-8-12-29(13-9-27)48-45(59)35-21-33(39(54)23-41(35)56)43(57)46-14-15-49(3)4/h16,19-23,26-29,53-56H,6-15,17-18H2,1-5H3,(H,46,57)(H,47,58)(H,48,59). The van der Waals surface area contributed by atoms with Gasteiger partial charge >= 0.3 is 0 Å². The Hall–Kier alpha value is -5.96. The molecule has 322 valence electrons. The lowest BCUT2D eigenvalue weighted by Crippen LogP contribution is -2.38. The van der Waals surface area contributed by atoms with E-state index in [4.69, 9.17) is 4.74 Å². The Morgan fingerprint density at radius 1 is 0.600 bits per heavy atom. The lowest BCUT2D eigenvalue weighted by Gasteiger charge is -2.29. The molecule has 0 aliphatic heterocycles. The van der Waals surface area contributed by atoms with Gasteiger partial charge in [0.1, 0.15) is 28.7 Å². The third kappa shape index (κ3) is 11.2. The molecule has 0 heterocycles. The van der Waals surface area contributed by atoms with Crippen LogP contribution >= 0.6 is 0 Å². The number of ether oxygens (including phenoxy) is 1. The van der Waals surface area contributed by atoms with Crippen molar-refractivity contribution in [1.82, 2.24) is 20.9 Å². The number of ketones is 3. The summed E-state index contributed by atoms with van der Waals surface area (Å²) in [5.74, 6) is -3.62. The number of hydrogen-bond acceptors (Lipinski definition) is 12. The first-order valence-electron chi connectivity index (χ1n) is 20.4. The molecular weight excluding hydrogens is 773 g/mol. The number of nitrogens with one attached hydrogen (secondary N) is 3. The summed E-state index contributed by atoms with van der Waals surface area (Å²) in [7, 11) is 5.19. The van der Waals surface area contributed by atoms with Crippen molar-refractivity contribution in [2.45, 2.75) is 90.1 Å². The average Bonchev–Trinajstić information content (AvgIpc) is 3.18. The van der Waals surface area contributed by atoms with Crippen LogP contribution in [-0.2, 0) is 0 Å². The van der Waals surface area contributed by atoms with Gasteiger partial charge in [-0.05, 0) is 121 Å². The molecule has 15 nitrogen and oxygen atoms in total. The number of phenolic OH excluding ortho intramolecular Hbond substituents is 4. The van der Waals surface area contributed by atoms with Gasteiger partial charge in [0.25, 0.3) is 17.7 Å². The SMILES string of the molecule is COc1cc(C)c(C(=O)CC2CCC(NC(=O)c3cc(C(C)=O)c(O)cc3O)CC2)cc1C(=O)CC1CCC(NC(=O)c2cc(C(=O)NCCN(C)C)c(O)cc2O)CC1. The Morgan fingerprint density at radius 2 is 1.02 bits per heavy atom. The second kappa shape index (κ2) is 19.9. The molecule has 2 aliphatic carbocycles. The van der Waals surface area contributed by atoms with Crippen LogP contribution in [0.2, 0.25) is 0 Å². The van der Waals surface area contributed by atoms with Crippen molar-refractivity contribution in [2.24, 2.45) is 11.8 Å². The summed E-state index contributed by atoms with van der Waals surface area (Å²) in [4.78, 5) is 80.0. The van der Waals surface area contributed by atoms with Crippen molar-refractivity contribution in [2.75, 3.05) is 34.3 Å². The minimum atomic E-state index is -0.576. The number of amides is 3. The van der Waals surface area contributed by atoms with Crippen LogP contribution in [0.5, 0.6) is 28.7 Å². The maximum Gasteiger partial charge on any atom is 0.255 e. The van der Waals surface area contributed by atoms with E-state index in [1.807, 2.05) is 25.9 Å². The Balaban J connectivity index is 1.13. The summed E-state index contributed by atoms with van der Waals surface area (Å²) in [6.07, 6.45) is 5.53. The Bertz CT molecular complexity index is 2130. The molecule has 0 bridgehead atoms. The van der Waals surface area contributed by atoms with Crippen LogP contribution in [-0.4, -0.2) is 107 Å². The zero-order valence-corrected chi connectivity index (χ0v) is 34.9. The zero-order chi connectivity index (χ0) is 43.8. The fraction of sp³-hybridized carbons (Fsp3) is 0.467. The highest BCUT2D eigenvalue weighted by Gasteiger charge is 2.30. The van der Waals surface area contributed by atoms with Crippen LogP contribution in [0.4, 0.5) is 0 Å². The number of rotatable bonds is 16. The molecule has 0 saturated heterocycles. The minimum Gasteiger partial charge on any atom is -0.507 e. The van der Waals surface area contributed by atoms with Gasteiger partial charge in [-0.15, -0.1) is 0 Å². The number of phenols is 4. The van der Waals surface area contributed by atoms with E-state index in [0.717, 1.165) is 12.1 Å². The van der Waals surface area contributed by atoms with E-state index in [-0.39, 0.29) is 70.6 Å². The summed E-state index contributed by atoms with van der Waals surface area (Å²) < 4.78 is 5.58. The number of aryl methyl sites for hydroxylation is 1. The van der Waals surface area contributed by atoms with Gasteiger partial charge in [-0.2, -0.15) is 0 Å². The van der Waals surface area contributed by atoms with Gasteiger partial charge in [-0.25, -0.2) is 0 Å². The van der Waals surface area contributed by atoms with Crippen molar-refractivity contribution < 1.29 is 53.9 Å². The Labute approximate surface area is 349 Å². The van der Waals surface area contributed by atoms with E-state index in [0.29, 0.717) is 86.9 Å². The van der Waals surface area contributed by atoms with E-state index in [9.17, 15) is 49.2 Å². The molecule has 3 aromatic carbocycles. The van der Waals surface area contributed by atoms with Crippen LogP contribution in [0, 0.1) is 18.8 Å². The number of Topliss-reactive ketones (excluding diaryl/α,β-unsaturated/α-hetero) is 3. The third-order valence-electron chi connectivity index (χ3n) is 11.6. The minimum absolute atomic E-state index is 0.0280. The quantitative estimate of drug-likeness (QED) is 0.0895. The van der Waals surface area contributed by atoms with Gasteiger partial charge in [-0.1, -0.05) is 0 Å². The molecule has 2 saturated carbocycles. The summed E-state index contributed by atoms with van der Waals surface area (Å²) in [6.45, 7) is 3.97. The smallest absolute Gasteiger partial charge is 0.255 e. The highest BCUT2D eigenvalue weighted by molar-refractivity contribution is 6.05. The highest BCUT2D eigenvalue weighted by atomic mass is 16.5. The van der Waals surface area contributed by atoms with Gasteiger partial charge < -0.3 is 46.0 Å². The van der Waals surface area contributed by atoms with E-state index < -0.39 is 46.5 Å². The van der Waals surface area contributed by atoms with E-state index in [1.165, 1.54) is 26.2 Å². The molecule has 0 unspecified atom stereocenters. The van der Waals surface area contributed by atoms with Crippen LogP contribution in [0.15, 0.2) is 36.4 Å². The van der Waals surface area contributed by atoms with Crippen molar-refractivity contribution in [3.8, 4) is 28.7 Å². The number of methoxy groups -OCH3 is 1. The molecule has 2 fully saturated rings. The topological polar surface area (TPSA) is 232 Å². The maximum absolute atomic E-state index is 13.8. The van der Waals surface area contributed by atoms with E-state index in [1.54, 1.807) is 12.1 Å². The van der Waals surface area contributed by atoms with E-state index in [2.05, 4.69) is 16.0 Å². The van der Waals surface area contributed by atoms with Crippen molar-refractivity contribution >= 4 is 35.1 Å². The van der Waals surface area contributed by atoms with Crippen molar-refractivity contribution in [3.63, 3.8) is 0 Å². The number of carbonyl (C=O) groups is 6. The summed E-state index contributed by atoms with van der Waals surface area (Å²) in [5, 5.41) is 49.4. The summed E-state index contributed by atoms with van der Waals surface area (Å²) >= 11 is 0. The second-order valence-corrected chi connectivity index (χ2v) is 16.4. The number of nitrogens with zero attached hydrogens (tertiary/aromatic N) is 1. The monoisotopic (exact) mass is 828 g/mol. The fourth-order valence-corrected chi connectivity index (χ4v) is 8.13. The Morgan fingerprint density at radius 3 is 1.47 bits per heavy atom. The number of hydrogen-bond donors (Lipinski definition) is 7. The van der Waals surface area contributed by atoms with E-state index >= 15 is 0 Å². The van der Waals surface area contributed by atoms with Gasteiger partial charge in [0.2, 0.25) is 0 Å². The van der Waals surface area contributed by atoms with Crippen molar-refractivity contribution in [3.05, 3.63) is 75.3 Å². The average molecular weight is 829 g/mol. The molecule has 3 amide bonds. The third-order valence-corrected chi connectivity index (χ3v) is 11.6. The van der Waals surface area contributed by atoms with Gasteiger partial charge in [0.15, 0.2) is 17.3 Å². The molecule has 5 rings (SSSR count). The van der Waals surface area contributed by atoms with Crippen LogP contribution in [0.25, 0.3) is 0 Å². The molecule has 0 atom stereocenters. The molecule has 0 radical (unpaired) electrons. The first-order chi connectivity index (χ1) is 28.4. The number of carbonyl (C=O) groups excluding carboxylic acids is 6. The van der Waals surface area contributed by atoms with Crippen LogP contribution in [0.1, 0.15) is 139 Å². The fourth-order valence-electron chi connectivity index (χ4n) is 8.13. The number of benzene rings is 3. The first kappa shape index (κ1) is 45.1. The highest BCUT2D eigenvalue weighted by Crippen LogP contribution is 2.35. The molecule has 0 spiro atoms. The predicted octanol–water partition coefficient (Wildman–Crippen LogP) is 5.44. The number of aromatic hydroxyl groups is 4. The van der Waals surface area contributed by atoms with Gasteiger partial charge in [-0.3, -0.25) is 28.8 Å². The molecular formula is C45H56N4O11. The summed E-state index contributed by atoms with van der Waals surface area (Å²) in [5.41, 5.74) is 1.07. The zero-order valence-electron chi connectivity index (χ0n) is 34.9. The maximum atomic E-state index is 13.8. The van der Waals surface area contributed by atoms with Gasteiger partial charge in [0.05, 0.1) is 34.9 Å².